The van der Waals surface area contributed by atoms with Crippen molar-refractivity contribution in [1.82, 2.24) is 10.2 Å². The van der Waals surface area contributed by atoms with Crippen molar-refractivity contribution in [2.75, 3.05) is 25.4 Å². The smallest absolute Gasteiger partial charge is 0.264 e. The van der Waals surface area contributed by atoms with Crippen molar-refractivity contribution >= 4 is 27.5 Å². The van der Waals surface area contributed by atoms with E-state index in [2.05, 4.69) is 5.32 Å². The molecule has 3 rings (SSSR count). The first kappa shape index (κ1) is 24.0. The van der Waals surface area contributed by atoms with Crippen LogP contribution in [-0.2, 0) is 16.6 Å². The van der Waals surface area contributed by atoms with Crippen LogP contribution < -0.4 is 9.62 Å². The Balaban J connectivity index is 1.64. The standard InChI is InChI=1S/C25H27N3O4S/c1-18-5-15-23(16-6-18)33(31,32)28(4)22-13-11-20(12-14-22)24(29)26-17-19-7-9-21(10-8-19)25(30)27(2)3/h5-16H,17H2,1-4H3,(H,26,29). The fourth-order valence-corrected chi connectivity index (χ4v) is 4.33. The van der Waals surface area contributed by atoms with Crippen LogP contribution >= 0.6 is 0 Å². The first-order valence-corrected chi connectivity index (χ1v) is 11.8. The second kappa shape index (κ2) is 9.87. The summed E-state index contributed by atoms with van der Waals surface area (Å²) in [6.07, 6.45) is 0. The number of hydrogen-bond donors (Lipinski definition) is 1. The second-order valence-corrected chi connectivity index (χ2v) is 9.88. The average Bonchev–Trinajstić information content (AvgIpc) is 2.82. The highest BCUT2D eigenvalue weighted by molar-refractivity contribution is 7.92. The molecule has 2 amide bonds. The first-order chi connectivity index (χ1) is 15.6. The lowest BCUT2D eigenvalue weighted by molar-refractivity contribution is 0.0827. The number of nitrogens with one attached hydrogen (secondary N) is 1. The maximum atomic E-state index is 12.8. The molecule has 172 valence electrons. The molecule has 0 heterocycles. The fraction of sp³-hybridized carbons (Fsp3) is 0.200. The molecule has 1 N–H and O–H groups in total. The summed E-state index contributed by atoms with van der Waals surface area (Å²) in [6, 6.07) is 20.1. The summed E-state index contributed by atoms with van der Waals surface area (Å²) >= 11 is 0. The number of benzene rings is 3. The Bertz CT molecular complexity index is 1230. The molecular weight excluding hydrogens is 438 g/mol. The molecule has 3 aromatic rings. The van der Waals surface area contributed by atoms with Gasteiger partial charge >= 0.3 is 0 Å². The van der Waals surface area contributed by atoms with E-state index in [1.54, 1.807) is 86.9 Å². The van der Waals surface area contributed by atoms with E-state index < -0.39 is 10.0 Å². The van der Waals surface area contributed by atoms with Crippen molar-refractivity contribution in [2.45, 2.75) is 18.4 Å². The summed E-state index contributed by atoms with van der Waals surface area (Å²) in [6.45, 7) is 2.20. The van der Waals surface area contributed by atoms with Crippen molar-refractivity contribution in [2.24, 2.45) is 0 Å². The number of sulfonamides is 1. The summed E-state index contributed by atoms with van der Waals surface area (Å²) < 4.78 is 26.9. The zero-order valence-electron chi connectivity index (χ0n) is 19.1. The van der Waals surface area contributed by atoms with Gasteiger partial charge in [-0.05, 0) is 61.0 Å². The maximum absolute atomic E-state index is 12.8. The van der Waals surface area contributed by atoms with E-state index in [1.165, 1.54) is 16.3 Å². The topological polar surface area (TPSA) is 86.8 Å². The van der Waals surface area contributed by atoms with Gasteiger partial charge in [0.15, 0.2) is 0 Å². The molecule has 0 spiro atoms. The minimum absolute atomic E-state index is 0.0833. The lowest BCUT2D eigenvalue weighted by Gasteiger charge is -2.20. The van der Waals surface area contributed by atoms with Gasteiger partial charge in [-0.25, -0.2) is 8.42 Å². The second-order valence-electron chi connectivity index (χ2n) is 7.91. The predicted molar refractivity (Wildman–Crippen MR) is 129 cm³/mol. The predicted octanol–water partition coefficient (Wildman–Crippen LogP) is 3.45. The van der Waals surface area contributed by atoms with Crippen molar-refractivity contribution < 1.29 is 18.0 Å². The fourth-order valence-electron chi connectivity index (χ4n) is 3.14. The molecule has 3 aromatic carbocycles. The summed E-state index contributed by atoms with van der Waals surface area (Å²) in [7, 11) is 1.17. The number of nitrogens with zero attached hydrogens (tertiary/aromatic N) is 2. The average molecular weight is 466 g/mol. The summed E-state index contributed by atoms with van der Waals surface area (Å²) in [5, 5.41) is 2.83. The van der Waals surface area contributed by atoms with E-state index in [1.807, 2.05) is 6.92 Å². The monoisotopic (exact) mass is 465 g/mol. The summed E-state index contributed by atoms with van der Waals surface area (Å²) in [4.78, 5) is 26.2. The molecule has 0 aliphatic carbocycles. The Morgan fingerprint density at radius 3 is 1.88 bits per heavy atom. The zero-order chi connectivity index (χ0) is 24.2. The number of carbonyl (C=O) groups is 2. The SMILES string of the molecule is Cc1ccc(S(=O)(=O)N(C)c2ccc(C(=O)NCc3ccc(C(=O)N(C)C)cc3)cc2)cc1. The van der Waals surface area contributed by atoms with Gasteiger partial charge in [0.1, 0.15) is 0 Å². The van der Waals surface area contributed by atoms with Crippen molar-refractivity contribution in [3.05, 3.63) is 95.1 Å². The first-order valence-electron chi connectivity index (χ1n) is 10.3. The van der Waals surface area contributed by atoms with Crippen LogP contribution in [-0.4, -0.2) is 46.3 Å². The number of rotatable bonds is 7. The van der Waals surface area contributed by atoms with Crippen LogP contribution in [0.4, 0.5) is 5.69 Å². The molecule has 7 nitrogen and oxygen atoms in total. The van der Waals surface area contributed by atoms with Gasteiger partial charge in [0.05, 0.1) is 10.6 Å². The highest BCUT2D eigenvalue weighted by atomic mass is 32.2. The molecular formula is C25H27N3O4S. The Morgan fingerprint density at radius 2 is 1.33 bits per heavy atom. The third-order valence-electron chi connectivity index (χ3n) is 5.23. The third-order valence-corrected chi connectivity index (χ3v) is 7.03. The van der Waals surface area contributed by atoms with Crippen molar-refractivity contribution in [3.63, 3.8) is 0 Å². The lowest BCUT2D eigenvalue weighted by atomic mass is 10.1. The molecule has 0 aromatic heterocycles. The number of amides is 2. The zero-order valence-corrected chi connectivity index (χ0v) is 19.9. The molecule has 0 radical (unpaired) electrons. The van der Waals surface area contributed by atoms with Crippen LogP contribution in [0.5, 0.6) is 0 Å². The van der Waals surface area contributed by atoms with Crippen molar-refractivity contribution in [3.8, 4) is 0 Å². The highest BCUT2D eigenvalue weighted by Gasteiger charge is 2.21. The minimum Gasteiger partial charge on any atom is -0.348 e. The van der Waals surface area contributed by atoms with Gasteiger partial charge in [0.2, 0.25) is 0 Å². The molecule has 8 heteroatoms. The molecule has 0 atom stereocenters. The third kappa shape index (κ3) is 5.59. The van der Waals surface area contributed by atoms with E-state index in [4.69, 9.17) is 0 Å². The van der Waals surface area contributed by atoms with Crippen LogP contribution in [0.3, 0.4) is 0 Å². The van der Waals surface area contributed by atoms with Gasteiger partial charge in [0.25, 0.3) is 21.8 Å². The number of carbonyl (C=O) groups excluding carboxylic acids is 2. The van der Waals surface area contributed by atoms with Gasteiger partial charge in [-0.15, -0.1) is 0 Å². The van der Waals surface area contributed by atoms with Gasteiger partial charge in [-0.3, -0.25) is 13.9 Å². The van der Waals surface area contributed by atoms with Crippen LogP contribution in [0.15, 0.2) is 77.7 Å². The minimum atomic E-state index is -3.70. The van der Waals surface area contributed by atoms with E-state index in [0.717, 1.165) is 11.1 Å². The molecule has 0 bridgehead atoms. The number of hydrogen-bond acceptors (Lipinski definition) is 4. The molecule has 0 aliphatic heterocycles. The molecule has 0 saturated carbocycles. The van der Waals surface area contributed by atoms with Gasteiger partial charge < -0.3 is 10.2 Å². The summed E-state index contributed by atoms with van der Waals surface area (Å²) in [5.74, 6) is -0.362. The van der Waals surface area contributed by atoms with E-state index in [-0.39, 0.29) is 16.7 Å². The summed E-state index contributed by atoms with van der Waals surface area (Å²) in [5.41, 5.74) is 3.28. The number of anilines is 1. The molecule has 0 fully saturated rings. The van der Waals surface area contributed by atoms with Gasteiger partial charge in [0, 0.05) is 38.8 Å². The van der Waals surface area contributed by atoms with Crippen molar-refractivity contribution in [1.29, 1.82) is 0 Å². The Kier molecular flexibility index (Phi) is 7.18. The molecule has 0 aliphatic rings. The molecule has 0 unspecified atom stereocenters. The Labute approximate surface area is 194 Å². The molecule has 0 saturated heterocycles. The van der Waals surface area contributed by atoms with Gasteiger partial charge in [-0.1, -0.05) is 29.8 Å². The molecule has 33 heavy (non-hydrogen) atoms. The Morgan fingerprint density at radius 1 is 0.788 bits per heavy atom. The van der Waals surface area contributed by atoms with Crippen LogP contribution in [0.2, 0.25) is 0 Å². The van der Waals surface area contributed by atoms with E-state index in [0.29, 0.717) is 23.4 Å². The Hall–Kier alpha value is -3.65. The van der Waals surface area contributed by atoms with Crippen LogP contribution in [0, 0.1) is 6.92 Å². The lowest BCUT2D eigenvalue weighted by Crippen LogP contribution is -2.27. The number of aryl methyl sites for hydroxylation is 1. The largest absolute Gasteiger partial charge is 0.348 e. The van der Waals surface area contributed by atoms with E-state index in [9.17, 15) is 18.0 Å². The van der Waals surface area contributed by atoms with Crippen LogP contribution in [0.25, 0.3) is 0 Å². The maximum Gasteiger partial charge on any atom is 0.264 e. The quantitative estimate of drug-likeness (QED) is 0.579. The van der Waals surface area contributed by atoms with Gasteiger partial charge in [-0.2, -0.15) is 0 Å². The normalized spacial score (nSPS) is 11.0. The van der Waals surface area contributed by atoms with E-state index >= 15 is 0 Å². The van der Waals surface area contributed by atoms with Crippen LogP contribution in [0.1, 0.15) is 31.8 Å². The highest BCUT2D eigenvalue weighted by Crippen LogP contribution is 2.22.